The van der Waals surface area contributed by atoms with Gasteiger partial charge in [-0.2, -0.15) is 5.10 Å². The van der Waals surface area contributed by atoms with Crippen LogP contribution < -0.4 is 9.47 Å². The lowest BCUT2D eigenvalue weighted by Gasteiger charge is -2.09. The Labute approximate surface area is 133 Å². The van der Waals surface area contributed by atoms with Gasteiger partial charge in [-0.1, -0.05) is 17.7 Å². The van der Waals surface area contributed by atoms with Crippen LogP contribution in [0, 0.1) is 13.8 Å². The lowest BCUT2D eigenvalue weighted by Crippen LogP contribution is -1.99. The molecule has 5 nitrogen and oxygen atoms in total. The molecule has 0 fully saturated rings. The van der Waals surface area contributed by atoms with Gasteiger partial charge in [0.1, 0.15) is 5.15 Å². The summed E-state index contributed by atoms with van der Waals surface area (Å²) in [6.07, 6.45) is 1.76. The SMILES string of the molecule is COc1ccc(-c2cnn3c(Cl)c(C)c(C)nc23)cc1OC. The summed E-state index contributed by atoms with van der Waals surface area (Å²) in [5.74, 6) is 1.34. The summed E-state index contributed by atoms with van der Waals surface area (Å²) in [6, 6.07) is 5.71. The number of ether oxygens (including phenoxy) is 2. The number of hydrogen-bond acceptors (Lipinski definition) is 4. The van der Waals surface area contributed by atoms with E-state index in [1.165, 1.54) is 0 Å². The third kappa shape index (κ3) is 2.18. The molecule has 0 N–H and O–H groups in total. The number of rotatable bonds is 3. The van der Waals surface area contributed by atoms with Gasteiger partial charge in [0.2, 0.25) is 0 Å². The van der Waals surface area contributed by atoms with Gasteiger partial charge >= 0.3 is 0 Å². The molecule has 114 valence electrons. The van der Waals surface area contributed by atoms with E-state index in [1.807, 2.05) is 32.0 Å². The van der Waals surface area contributed by atoms with Crippen LogP contribution in [0.2, 0.25) is 5.15 Å². The Kier molecular flexibility index (Phi) is 3.66. The first-order valence-corrected chi connectivity index (χ1v) is 7.17. The van der Waals surface area contributed by atoms with Crippen molar-refractivity contribution >= 4 is 17.2 Å². The third-order valence-corrected chi connectivity index (χ3v) is 4.19. The molecule has 0 amide bonds. The fourth-order valence-electron chi connectivity index (χ4n) is 2.35. The second-order valence-electron chi connectivity index (χ2n) is 4.98. The van der Waals surface area contributed by atoms with Crippen molar-refractivity contribution in [3.63, 3.8) is 0 Å². The summed E-state index contributed by atoms with van der Waals surface area (Å²) < 4.78 is 12.3. The lowest BCUT2D eigenvalue weighted by molar-refractivity contribution is 0.355. The molecule has 3 rings (SSSR count). The number of nitrogens with zero attached hydrogens (tertiary/aromatic N) is 3. The Bertz CT molecular complexity index is 858. The fraction of sp³-hybridized carbons (Fsp3) is 0.250. The predicted molar refractivity (Wildman–Crippen MR) is 86.0 cm³/mol. The summed E-state index contributed by atoms with van der Waals surface area (Å²) in [5.41, 5.74) is 4.38. The zero-order chi connectivity index (χ0) is 15.9. The van der Waals surface area contributed by atoms with Crippen LogP contribution in [0.1, 0.15) is 11.3 Å². The number of aromatic nitrogens is 3. The maximum absolute atomic E-state index is 6.35. The average Bonchev–Trinajstić information content (AvgIpc) is 2.95. The first-order valence-electron chi connectivity index (χ1n) is 6.79. The number of benzene rings is 1. The molecular weight excluding hydrogens is 302 g/mol. The molecule has 0 aliphatic heterocycles. The molecule has 2 aromatic heterocycles. The van der Waals surface area contributed by atoms with Gasteiger partial charge in [-0.3, -0.25) is 0 Å². The minimum atomic E-state index is 0.578. The van der Waals surface area contributed by atoms with E-state index in [-0.39, 0.29) is 0 Å². The van der Waals surface area contributed by atoms with E-state index >= 15 is 0 Å². The van der Waals surface area contributed by atoms with Gasteiger partial charge in [-0.05, 0) is 31.5 Å². The van der Waals surface area contributed by atoms with Gasteiger partial charge in [0.05, 0.1) is 20.4 Å². The summed E-state index contributed by atoms with van der Waals surface area (Å²) in [4.78, 5) is 4.61. The molecule has 0 unspecified atom stereocenters. The van der Waals surface area contributed by atoms with Crippen molar-refractivity contribution in [3.05, 3.63) is 40.8 Å². The summed E-state index contributed by atoms with van der Waals surface area (Å²) >= 11 is 6.35. The monoisotopic (exact) mass is 317 g/mol. The number of fused-ring (bicyclic) bond motifs is 1. The average molecular weight is 318 g/mol. The number of hydrogen-bond donors (Lipinski definition) is 0. The second kappa shape index (κ2) is 5.50. The van der Waals surface area contributed by atoms with Crippen LogP contribution in [0.5, 0.6) is 11.5 Å². The van der Waals surface area contributed by atoms with Crippen molar-refractivity contribution < 1.29 is 9.47 Å². The maximum Gasteiger partial charge on any atom is 0.164 e. The van der Waals surface area contributed by atoms with Crippen molar-refractivity contribution in [1.29, 1.82) is 0 Å². The molecule has 1 aromatic carbocycles. The number of aryl methyl sites for hydroxylation is 1. The van der Waals surface area contributed by atoms with E-state index in [4.69, 9.17) is 21.1 Å². The Hall–Kier alpha value is -2.27. The molecule has 0 bridgehead atoms. The highest BCUT2D eigenvalue weighted by molar-refractivity contribution is 6.30. The molecule has 0 atom stereocenters. The predicted octanol–water partition coefficient (Wildman–Crippen LogP) is 3.68. The van der Waals surface area contributed by atoms with Crippen molar-refractivity contribution in [2.45, 2.75) is 13.8 Å². The number of halogens is 1. The third-order valence-electron chi connectivity index (χ3n) is 3.75. The van der Waals surface area contributed by atoms with Crippen LogP contribution in [0.3, 0.4) is 0 Å². The Morgan fingerprint density at radius 2 is 1.82 bits per heavy atom. The normalized spacial score (nSPS) is 11.0. The first kappa shape index (κ1) is 14.7. The molecule has 0 saturated carbocycles. The maximum atomic E-state index is 6.35. The van der Waals surface area contributed by atoms with Gasteiger partial charge in [-0.15, -0.1) is 0 Å². The standard InChI is InChI=1S/C16H16ClN3O2/c1-9-10(2)19-16-12(8-18-20(16)15(9)17)11-5-6-13(21-3)14(7-11)22-4/h5-8H,1-4H3. The molecule has 0 radical (unpaired) electrons. The van der Waals surface area contributed by atoms with Crippen LogP contribution >= 0.6 is 11.6 Å². The van der Waals surface area contributed by atoms with Gasteiger partial charge in [0.15, 0.2) is 17.1 Å². The molecule has 22 heavy (non-hydrogen) atoms. The molecule has 0 spiro atoms. The largest absolute Gasteiger partial charge is 0.493 e. The van der Waals surface area contributed by atoms with Crippen LogP contribution in [0.4, 0.5) is 0 Å². The smallest absolute Gasteiger partial charge is 0.164 e. The van der Waals surface area contributed by atoms with Crippen LogP contribution in [-0.4, -0.2) is 28.8 Å². The molecule has 0 saturated heterocycles. The zero-order valence-electron chi connectivity index (χ0n) is 12.8. The molecule has 0 aliphatic carbocycles. The van der Waals surface area contributed by atoms with E-state index in [0.717, 1.165) is 28.0 Å². The summed E-state index contributed by atoms with van der Waals surface area (Å²) in [5, 5.41) is 4.92. The Balaban J connectivity index is 2.23. The topological polar surface area (TPSA) is 48.7 Å². The van der Waals surface area contributed by atoms with Crippen molar-refractivity contribution in [1.82, 2.24) is 14.6 Å². The van der Waals surface area contributed by atoms with Gasteiger partial charge in [0, 0.05) is 16.8 Å². The molecule has 2 heterocycles. The van der Waals surface area contributed by atoms with Gasteiger partial charge in [-0.25, -0.2) is 9.50 Å². The summed E-state index contributed by atoms with van der Waals surface area (Å²) in [7, 11) is 3.22. The Morgan fingerprint density at radius 1 is 1.09 bits per heavy atom. The fourth-order valence-corrected chi connectivity index (χ4v) is 2.61. The highest BCUT2D eigenvalue weighted by Gasteiger charge is 2.15. The van der Waals surface area contributed by atoms with E-state index in [0.29, 0.717) is 16.7 Å². The minimum absolute atomic E-state index is 0.578. The van der Waals surface area contributed by atoms with E-state index in [9.17, 15) is 0 Å². The molecule has 0 aliphatic rings. The van der Waals surface area contributed by atoms with Crippen molar-refractivity contribution in [2.24, 2.45) is 0 Å². The highest BCUT2D eigenvalue weighted by atomic mass is 35.5. The van der Waals surface area contributed by atoms with Crippen molar-refractivity contribution in [3.8, 4) is 22.6 Å². The van der Waals surface area contributed by atoms with Crippen LogP contribution in [0.15, 0.2) is 24.4 Å². The zero-order valence-corrected chi connectivity index (χ0v) is 13.6. The molecular formula is C16H16ClN3O2. The Morgan fingerprint density at radius 3 is 2.50 bits per heavy atom. The van der Waals surface area contributed by atoms with Gasteiger partial charge < -0.3 is 9.47 Å². The second-order valence-corrected chi connectivity index (χ2v) is 5.33. The number of methoxy groups -OCH3 is 2. The first-order chi connectivity index (χ1) is 10.6. The van der Waals surface area contributed by atoms with E-state index in [2.05, 4.69) is 10.1 Å². The highest BCUT2D eigenvalue weighted by Crippen LogP contribution is 2.34. The van der Waals surface area contributed by atoms with Gasteiger partial charge in [0.25, 0.3) is 0 Å². The van der Waals surface area contributed by atoms with E-state index in [1.54, 1.807) is 24.9 Å². The van der Waals surface area contributed by atoms with Crippen molar-refractivity contribution in [2.75, 3.05) is 14.2 Å². The van der Waals surface area contributed by atoms with E-state index < -0.39 is 0 Å². The molecule has 3 aromatic rings. The quantitative estimate of drug-likeness (QED) is 0.691. The van der Waals surface area contributed by atoms with Crippen LogP contribution in [-0.2, 0) is 0 Å². The summed E-state index contributed by atoms with van der Waals surface area (Å²) in [6.45, 7) is 3.87. The van der Waals surface area contributed by atoms with Crippen LogP contribution in [0.25, 0.3) is 16.8 Å². The lowest BCUT2D eigenvalue weighted by atomic mass is 10.1. The minimum Gasteiger partial charge on any atom is -0.493 e. The molecule has 6 heteroatoms.